The van der Waals surface area contributed by atoms with Crippen LogP contribution in [0.3, 0.4) is 0 Å². The van der Waals surface area contributed by atoms with Gasteiger partial charge in [-0.15, -0.1) is 0 Å². The van der Waals surface area contributed by atoms with Gasteiger partial charge in [0.25, 0.3) is 17.4 Å². The average Bonchev–Trinajstić information content (AvgIpc) is 3.05. The maximum Gasteiger partial charge on any atom is 0.332 e. The van der Waals surface area contributed by atoms with Crippen LogP contribution in [0.1, 0.15) is 21.5 Å². The Hall–Kier alpha value is -5.43. The zero-order valence-electron chi connectivity index (χ0n) is 20.2. The molecule has 188 valence electrons. The summed E-state index contributed by atoms with van der Waals surface area (Å²) in [5.74, 6) is 5.24. The van der Waals surface area contributed by atoms with E-state index in [0.717, 1.165) is 16.3 Å². The number of nitrogens with one attached hydrogen (secondary N) is 2. The van der Waals surface area contributed by atoms with Crippen LogP contribution in [0.2, 0.25) is 0 Å². The van der Waals surface area contributed by atoms with Crippen LogP contribution in [0.4, 0.5) is 5.69 Å². The number of hydrogen-bond donors (Lipinski definition) is 2. The van der Waals surface area contributed by atoms with Gasteiger partial charge in [0, 0.05) is 36.8 Å². The predicted octanol–water partition coefficient (Wildman–Crippen LogP) is 1.47. The lowest BCUT2D eigenvalue weighted by atomic mass is 10.1. The summed E-state index contributed by atoms with van der Waals surface area (Å²) in [5.41, 5.74) is 0.486. The van der Waals surface area contributed by atoms with Gasteiger partial charge in [-0.1, -0.05) is 30.0 Å². The second-order valence-electron chi connectivity index (χ2n) is 8.42. The molecule has 1 aliphatic rings. The molecule has 10 nitrogen and oxygen atoms in total. The number of amides is 2. The van der Waals surface area contributed by atoms with E-state index in [4.69, 9.17) is 4.74 Å². The zero-order valence-corrected chi connectivity index (χ0v) is 20.2. The number of aromatic amines is 1. The van der Waals surface area contributed by atoms with Gasteiger partial charge in [0.05, 0.1) is 11.4 Å². The van der Waals surface area contributed by atoms with E-state index in [1.54, 1.807) is 74.0 Å². The second kappa shape index (κ2) is 10.3. The number of para-hydroxylation sites is 1. The van der Waals surface area contributed by atoms with Crippen molar-refractivity contribution in [2.24, 2.45) is 0 Å². The average molecular weight is 508 g/mol. The summed E-state index contributed by atoms with van der Waals surface area (Å²) < 4.78 is 6.97. The topological polar surface area (TPSA) is 126 Å². The normalized spacial score (nSPS) is 14.4. The molecule has 0 bridgehead atoms. The van der Waals surface area contributed by atoms with E-state index in [2.05, 4.69) is 27.1 Å². The van der Waals surface area contributed by atoms with Crippen molar-refractivity contribution in [1.29, 1.82) is 0 Å². The molecule has 5 rings (SSSR count). The summed E-state index contributed by atoms with van der Waals surface area (Å²) in [6, 6.07) is 16.3. The SMILES string of the molecule is CN1C(=O)[C@@H](NC(=O)c2cn(-c3ccccc3)c(=O)[nH]c2=O)COc2ccc(C#Cc3cccnc3)cc21. The van der Waals surface area contributed by atoms with Crippen LogP contribution < -0.4 is 26.2 Å². The number of nitrogens with zero attached hydrogens (tertiary/aromatic N) is 3. The third kappa shape index (κ3) is 4.94. The smallest absolute Gasteiger partial charge is 0.332 e. The Kier molecular flexibility index (Phi) is 6.57. The highest BCUT2D eigenvalue weighted by Crippen LogP contribution is 2.31. The zero-order chi connectivity index (χ0) is 26.6. The summed E-state index contributed by atoms with van der Waals surface area (Å²) in [4.78, 5) is 58.6. The number of carbonyl (C=O) groups excluding carboxylic acids is 2. The number of aromatic nitrogens is 3. The van der Waals surface area contributed by atoms with Crippen LogP contribution in [0.15, 0.2) is 88.8 Å². The van der Waals surface area contributed by atoms with Crippen LogP contribution in [0, 0.1) is 11.8 Å². The fraction of sp³-hybridized carbons (Fsp3) is 0.107. The Morgan fingerprint density at radius 1 is 1.05 bits per heavy atom. The Bertz CT molecular complexity index is 1700. The molecule has 4 aromatic rings. The molecule has 2 aromatic carbocycles. The van der Waals surface area contributed by atoms with E-state index in [-0.39, 0.29) is 12.2 Å². The van der Waals surface area contributed by atoms with Crippen molar-refractivity contribution in [3.63, 3.8) is 0 Å². The van der Waals surface area contributed by atoms with Crippen LogP contribution in [0.25, 0.3) is 5.69 Å². The highest BCUT2D eigenvalue weighted by molar-refractivity contribution is 6.03. The van der Waals surface area contributed by atoms with Gasteiger partial charge in [0.1, 0.15) is 24.0 Å². The monoisotopic (exact) mass is 507 g/mol. The summed E-state index contributed by atoms with van der Waals surface area (Å²) in [6.45, 7) is -0.154. The number of likely N-dealkylation sites (N-methyl/N-ethyl adjacent to an activating group) is 1. The standard InChI is InChI=1S/C28H21N5O5/c1-32-23-14-18(9-10-19-6-5-13-29-15-19)11-12-24(23)38-17-22(27(32)36)30-25(34)21-16-33(28(37)31-26(21)35)20-7-3-2-4-8-20/h2-8,11-16,22H,17H2,1H3,(H,30,34)(H,31,35,37)/t22-/m0/s1. The summed E-state index contributed by atoms with van der Waals surface area (Å²) >= 11 is 0. The minimum absolute atomic E-state index is 0.154. The number of anilines is 1. The van der Waals surface area contributed by atoms with Gasteiger partial charge in [0.2, 0.25) is 0 Å². The number of H-pyrrole nitrogens is 1. The van der Waals surface area contributed by atoms with Crippen molar-refractivity contribution in [2.45, 2.75) is 6.04 Å². The maximum absolute atomic E-state index is 13.2. The number of rotatable bonds is 3. The first-order valence-electron chi connectivity index (χ1n) is 11.6. The molecule has 1 atom stereocenters. The Labute approximate surface area is 216 Å². The Morgan fingerprint density at radius 2 is 1.84 bits per heavy atom. The fourth-order valence-corrected chi connectivity index (χ4v) is 3.91. The second-order valence-corrected chi connectivity index (χ2v) is 8.42. The first-order valence-corrected chi connectivity index (χ1v) is 11.6. The molecule has 3 heterocycles. The van der Waals surface area contributed by atoms with Crippen molar-refractivity contribution in [3.05, 3.63) is 117 Å². The van der Waals surface area contributed by atoms with Gasteiger partial charge < -0.3 is 15.0 Å². The van der Waals surface area contributed by atoms with Gasteiger partial charge in [-0.25, -0.2) is 4.79 Å². The third-order valence-corrected chi connectivity index (χ3v) is 5.89. The van der Waals surface area contributed by atoms with Gasteiger partial charge >= 0.3 is 5.69 Å². The summed E-state index contributed by atoms with van der Waals surface area (Å²) in [5, 5.41) is 2.57. The molecule has 0 aliphatic carbocycles. The first-order chi connectivity index (χ1) is 18.4. The van der Waals surface area contributed by atoms with Crippen molar-refractivity contribution in [3.8, 4) is 23.3 Å². The quantitative estimate of drug-likeness (QED) is 0.405. The van der Waals surface area contributed by atoms with E-state index in [1.165, 1.54) is 4.90 Å². The van der Waals surface area contributed by atoms with E-state index >= 15 is 0 Å². The number of pyridine rings is 1. The first kappa shape index (κ1) is 24.3. The Morgan fingerprint density at radius 3 is 2.61 bits per heavy atom. The summed E-state index contributed by atoms with van der Waals surface area (Å²) in [6.07, 6.45) is 4.47. The fourth-order valence-electron chi connectivity index (χ4n) is 3.91. The van der Waals surface area contributed by atoms with Gasteiger partial charge in [-0.05, 0) is 42.5 Å². The molecule has 0 saturated carbocycles. The number of carbonyl (C=O) groups is 2. The lowest BCUT2D eigenvalue weighted by Crippen LogP contribution is -2.50. The van der Waals surface area contributed by atoms with E-state index in [1.807, 2.05) is 6.07 Å². The maximum atomic E-state index is 13.2. The number of benzene rings is 2. The predicted molar refractivity (Wildman–Crippen MR) is 139 cm³/mol. The molecule has 0 saturated heterocycles. The largest absolute Gasteiger partial charge is 0.489 e. The molecule has 0 radical (unpaired) electrons. The highest BCUT2D eigenvalue weighted by Gasteiger charge is 2.31. The van der Waals surface area contributed by atoms with E-state index < -0.39 is 29.1 Å². The van der Waals surface area contributed by atoms with Gasteiger partial charge in [-0.2, -0.15) is 0 Å². The van der Waals surface area contributed by atoms with Crippen LogP contribution >= 0.6 is 0 Å². The molecular formula is C28H21N5O5. The van der Waals surface area contributed by atoms with Gasteiger partial charge in [-0.3, -0.25) is 28.9 Å². The van der Waals surface area contributed by atoms with Gasteiger partial charge in [0.15, 0.2) is 0 Å². The molecule has 2 amide bonds. The van der Waals surface area contributed by atoms with Crippen molar-refractivity contribution in [2.75, 3.05) is 18.6 Å². The molecule has 1 aliphatic heterocycles. The van der Waals surface area contributed by atoms with Crippen molar-refractivity contribution < 1.29 is 14.3 Å². The molecular weight excluding hydrogens is 486 g/mol. The number of ether oxygens (including phenoxy) is 1. The third-order valence-electron chi connectivity index (χ3n) is 5.89. The number of fused-ring (bicyclic) bond motifs is 1. The minimum Gasteiger partial charge on any atom is -0.489 e. The van der Waals surface area contributed by atoms with E-state index in [9.17, 15) is 19.2 Å². The van der Waals surface area contributed by atoms with Crippen LogP contribution in [-0.4, -0.2) is 46.0 Å². The van der Waals surface area contributed by atoms with E-state index in [0.29, 0.717) is 22.7 Å². The molecule has 0 fully saturated rings. The molecule has 2 N–H and O–H groups in total. The summed E-state index contributed by atoms with van der Waals surface area (Å²) in [7, 11) is 1.57. The van der Waals surface area contributed by atoms with Crippen LogP contribution in [0.5, 0.6) is 5.75 Å². The molecule has 0 spiro atoms. The molecule has 0 unspecified atom stereocenters. The number of hydrogen-bond acceptors (Lipinski definition) is 6. The lowest BCUT2D eigenvalue weighted by molar-refractivity contribution is -0.120. The molecule has 10 heteroatoms. The van der Waals surface area contributed by atoms with Crippen LogP contribution in [-0.2, 0) is 4.79 Å². The molecule has 38 heavy (non-hydrogen) atoms. The molecule has 2 aromatic heterocycles. The lowest BCUT2D eigenvalue weighted by Gasteiger charge is -2.20. The Balaban J connectivity index is 1.38. The van der Waals surface area contributed by atoms with Crippen molar-refractivity contribution in [1.82, 2.24) is 19.9 Å². The highest BCUT2D eigenvalue weighted by atomic mass is 16.5. The minimum atomic E-state index is -1.08. The van der Waals surface area contributed by atoms with Crippen molar-refractivity contribution >= 4 is 17.5 Å².